The van der Waals surface area contributed by atoms with Crippen molar-refractivity contribution in [2.45, 2.75) is 426 Å². The Balaban J connectivity index is 5.20. The van der Waals surface area contributed by atoms with E-state index in [-0.39, 0.29) is 25.7 Å². The standard InChI is InChI=1S/C78H152O17P2/c1-7-9-11-13-15-17-19-20-21-22-23-24-25-26-27-28-33-37-44-50-56-62-77(82)94-73(66-89-76(81)61-55-49-43-36-32-30-29-31-34-40-46-52-58-70(3)4)68-92-96(84,85)90-64-72(79)65-91-97(86,87)93-69-74(67-88-75(80)60-54-48-42-35-18-16-14-12-10-8-2)95-78(83)63-57-51-45-39-38-41-47-53-59-71(5)6/h70-74,79H,7-69H2,1-6H3,(H,84,85)(H,86,87)/t72-,73-,74-/m1/s1. The van der Waals surface area contributed by atoms with Crippen molar-refractivity contribution in [1.82, 2.24) is 0 Å². The molecule has 0 spiro atoms. The number of aliphatic hydroxyl groups excluding tert-OH is 1. The normalized spacial score (nSPS) is 14.0. The summed E-state index contributed by atoms with van der Waals surface area (Å²) in [5.41, 5.74) is 0. The zero-order valence-corrected chi connectivity index (χ0v) is 65.2. The Bertz CT molecular complexity index is 1870. The quantitative estimate of drug-likeness (QED) is 0.0222. The largest absolute Gasteiger partial charge is 0.472 e. The minimum Gasteiger partial charge on any atom is -0.462 e. The summed E-state index contributed by atoms with van der Waals surface area (Å²) in [6.07, 6.45) is 58.4. The van der Waals surface area contributed by atoms with Gasteiger partial charge in [-0.05, 0) is 37.5 Å². The number of aliphatic hydroxyl groups is 1. The van der Waals surface area contributed by atoms with Crippen molar-refractivity contribution < 1.29 is 80.2 Å². The molecule has 0 aliphatic carbocycles. The highest BCUT2D eigenvalue weighted by molar-refractivity contribution is 7.47. The molecule has 97 heavy (non-hydrogen) atoms. The van der Waals surface area contributed by atoms with Gasteiger partial charge in [0.15, 0.2) is 12.2 Å². The molecule has 0 aromatic heterocycles. The van der Waals surface area contributed by atoms with Gasteiger partial charge in [-0.1, -0.05) is 356 Å². The third-order valence-corrected chi connectivity index (χ3v) is 20.1. The molecule has 3 N–H and O–H groups in total. The summed E-state index contributed by atoms with van der Waals surface area (Å²) in [4.78, 5) is 72.8. The van der Waals surface area contributed by atoms with Crippen molar-refractivity contribution in [1.29, 1.82) is 0 Å². The summed E-state index contributed by atoms with van der Waals surface area (Å²) in [5.74, 6) is -0.616. The summed E-state index contributed by atoms with van der Waals surface area (Å²) < 4.78 is 68.5. The van der Waals surface area contributed by atoms with Crippen LogP contribution in [-0.4, -0.2) is 96.7 Å². The average Bonchev–Trinajstić information content (AvgIpc) is 1.35. The zero-order chi connectivity index (χ0) is 71.4. The van der Waals surface area contributed by atoms with Gasteiger partial charge in [0, 0.05) is 25.7 Å². The summed E-state index contributed by atoms with van der Waals surface area (Å²) in [6.45, 7) is 9.57. The van der Waals surface area contributed by atoms with Crippen molar-refractivity contribution in [3.63, 3.8) is 0 Å². The van der Waals surface area contributed by atoms with Crippen LogP contribution in [0.4, 0.5) is 0 Å². The van der Waals surface area contributed by atoms with Crippen molar-refractivity contribution >= 4 is 39.5 Å². The third-order valence-electron chi connectivity index (χ3n) is 18.2. The maximum Gasteiger partial charge on any atom is 0.472 e. The van der Waals surface area contributed by atoms with Gasteiger partial charge in [-0.25, -0.2) is 9.13 Å². The van der Waals surface area contributed by atoms with Crippen molar-refractivity contribution in [3.05, 3.63) is 0 Å². The van der Waals surface area contributed by atoms with Crippen LogP contribution in [-0.2, 0) is 65.4 Å². The number of phosphoric ester groups is 2. The maximum absolute atomic E-state index is 13.1. The van der Waals surface area contributed by atoms with Gasteiger partial charge in [-0.15, -0.1) is 0 Å². The van der Waals surface area contributed by atoms with Crippen LogP contribution < -0.4 is 0 Å². The smallest absolute Gasteiger partial charge is 0.462 e. The highest BCUT2D eigenvalue weighted by atomic mass is 31.2. The van der Waals surface area contributed by atoms with Crippen molar-refractivity contribution in [2.75, 3.05) is 39.6 Å². The van der Waals surface area contributed by atoms with Crippen LogP contribution in [0.15, 0.2) is 0 Å². The summed E-state index contributed by atoms with van der Waals surface area (Å²) in [7, 11) is -9.91. The number of ether oxygens (including phenoxy) is 4. The van der Waals surface area contributed by atoms with Crippen LogP contribution in [0.1, 0.15) is 408 Å². The molecule has 17 nitrogen and oxygen atoms in total. The number of carbonyl (C=O) groups is 4. The number of unbranched alkanes of at least 4 members (excludes halogenated alkanes) is 47. The molecule has 0 bridgehead atoms. The van der Waals surface area contributed by atoms with Crippen LogP contribution in [0.3, 0.4) is 0 Å². The summed E-state index contributed by atoms with van der Waals surface area (Å²) >= 11 is 0. The van der Waals surface area contributed by atoms with Crippen LogP contribution in [0.25, 0.3) is 0 Å². The lowest BCUT2D eigenvalue weighted by Crippen LogP contribution is -2.30. The van der Waals surface area contributed by atoms with Gasteiger partial charge < -0.3 is 33.8 Å². The number of hydrogen-bond donors (Lipinski definition) is 3. The lowest BCUT2D eigenvalue weighted by atomic mass is 10.0. The summed E-state index contributed by atoms with van der Waals surface area (Å²) in [5, 5.41) is 10.6. The van der Waals surface area contributed by atoms with Crippen LogP contribution in [0.2, 0.25) is 0 Å². The third kappa shape index (κ3) is 72.2. The Labute approximate surface area is 594 Å². The van der Waals surface area contributed by atoms with Crippen LogP contribution in [0.5, 0.6) is 0 Å². The minimum absolute atomic E-state index is 0.105. The Morgan fingerprint density at radius 2 is 0.474 bits per heavy atom. The Kier molecular flexibility index (Phi) is 68.4. The zero-order valence-electron chi connectivity index (χ0n) is 63.4. The van der Waals surface area contributed by atoms with E-state index in [1.165, 1.54) is 225 Å². The van der Waals surface area contributed by atoms with Crippen LogP contribution in [0, 0.1) is 11.8 Å². The fraction of sp³-hybridized carbons (Fsp3) is 0.949. The molecule has 0 aliphatic heterocycles. The second-order valence-electron chi connectivity index (χ2n) is 29.1. The lowest BCUT2D eigenvalue weighted by molar-refractivity contribution is -0.161. The number of hydrogen-bond acceptors (Lipinski definition) is 15. The highest BCUT2D eigenvalue weighted by Crippen LogP contribution is 2.45. The number of esters is 4. The molecule has 0 radical (unpaired) electrons. The Morgan fingerprint density at radius 1 is 0.278 bits per heavy atom. The molecule has 0 saturated heterocycles. The number of phosphoric acid groups is 2. The first kappa shape index (κ1) is 95.1. The molecule has 5 atom stereocenters. The van der Waals surface area contributed by atoms with Crippen LogP contribution >= 0.6 is 15.6 Å². The second-order valence-corrected chi connectivity index (χ2v) is 32.0. The topological polar surface area (TPSA) is 237 Å². The van der Waals surface area contributed by atoms with Gasteiger partial charge >= 0.3 is 39.5 Å². The number of carbonyl (C=O) groups excluding carboxylic acids is 4. The first-order valence-electron chi connectivity index (χ1n) is 40.5. The first-order chi connectivity index (χ1) is 46.9. The van der Waals surface area contributed by atoms with Crippen molar-refractivity contribution in [3.8, 4) is 0 Å². The molecule has 19 heteroatoms. The molecule has 0 fully saturated rings. The minimum atomic E-state index is -4.96. The van der Waals surface area contributed by atoms with E-state index in [2.05, 4.69) is 41.5 Å². The molecule has 0 aromatic rings. The summed E-state index contributed by atoms with van der Waals surface area (Å²) in [6, 6.07) is 0. The van der Waals surface area contributed by atoms with Gasteiger partial charge in [-0.2, -0.15) is 0 Å². The molecule has 0 aliphatic rings. The maximum atomic E-state index is 13.1. The molecule has 0 rings (SSSR count). The van der Waals surface area contributed by atoms with Gasteiger partial charge in [-0.3, -0.25) is 37.3 Å². The average molecular weight is 1420 g/mol. The molecule has 0 heterocycles. The van der Waals surface area contributed by atoms with E-state index in [1.54, 1.807) is 0 Å². The van der Waals surface area contributed by atoms with Gasteiger partial charge in [0.05, 0.1) is 26.4 Å². The molecular weight excluding hydrogens is 1270 g/mol. The molecule has 0 amide bonds. The van der Waals surface area contributed by atoms with E-state index >= 15 is 0 Å². The molecule has 0 aromatic carbocycles. The van der Waals surface area contributed by atoms with E-state index in [0.29, 0.717) is 25.7 Å². The molecule has 0 saturated carbocycles. The first-order valence-corrected chi connectivity index (χ1v) is 43.5. The monoisotopic (exact) mass is 1420 g/mol. The Hall–Kier alpha value is -1.94. The lowest BCUT2D eigenvalue weighted by Gasteiger charge is -2.21. The molecular formula is C78H152O17P2. The van der Waals surface area contributed by atoms with Gasteiger partial charge in [0.2, 0.25) is 0 Å². The predicted molar refractivity (Wildman–Crippen MR) is 395 cm³/mol. The van der Waals surface area contributed by atoms with Crippen molar-refractivity contribution in [2.24, 2.45) is 11.8 Å². The second kappa shape index (κ2) is 69.8. The Morgan fingerprint density at radius 3 is 0.701 bits per heavy atom. The highest BCUT2D eigenvalue weighted by Gasteiger charge is 2.30. The fourth-order valence-corrected chi connectivity index (χ4v) is 13.6. The number of rotatable bonds is 77. The van der Waals surface area contributed by atoms with E-state index in [1.807, 2.05) is 0 Å². The van der Waals surface area contributed by atoms with Gasteiger partial charge in [0.1, 0.15) is 19.3 Å². The fourth-order valence-electron chi connectivity index (χ4n) is 12.0. The molecule has 576 valence electrons. The predicted octanol–water partition coefficient (Wildman–Crippen LogP) is 23.1. The van der Waals surface area contributed by atoms with E-state index in [9.17, 15) is 43.2 Å². The van der Waals surface area contributed by atoms with E-state index in [4.69, 9.17) is 37.0 Å². The SMILES string of the molecule is CCCCCCCCCCCCCCCCCCCCCCCC(=O)O[C@H](COC(=O)CCCCCCCCCCCCCCC(C)C)COP(=O)(O)OC[C@@H](O)COP(=O)(O)OC[C@@H](COC(=O)CCCCCCCCCCCC)OC(=O)CCCCCCCCCCC(C)C. The van der Waals surface area contributed by atoms with E-state index < -0.39 is 97.5 Å². The molecule has 2 unspecified atom stereocenters. The van der Waals surface area contributed by atoms with Gasteiger partial charge in [0.25, 0.3) is 0 Å². The van der Waals surface area contributed by atoms with E-state index in [0.717, 1.165) is 102 Å².